The first kappa shape index (κ1) is 17.6. The molecule has 0 fully saturated rings. The quantitative estimate of drug-likeness (QED) is 0.729. The highest BCUT2D eigenvalue weighted by atomic mass is 16.5. The largest absolute Gasteiger partial charge is 0.479 e. The maximum absolute atomic E-state index is 12.7. The second-order valence-corrected chi connectivity index (χ2v) is 6.45. The van der Waals surface area contributed by atoms with E-state index in [4.69, 9.17) is 9.47 Å². The van der Waals surface area contributed by atoms with Crippen molar-refractivity contribution in [3.8, 4) is 17.4 Å². The lowest BCUT2D eigenvalue weighted by molar-refractivity contribution is 0.101. The third kappa shape index (κ3) is 3.16. The maximum Gasteiger partial charge on any atom is 0.262 e. The number of aryl methyl sites for hydroxylation is 2. The van der Waals surface area contributed by atoms with Gasteiger partial charge in [-0.15, -0.1) is 5.10 Å². The van der Waals surface area contributed by atoms with E-state index in [9.17, 15) is 9.59 Å². The summed E-state index contributed by atoms with van der Waals surface area (Å²) in [5.41, 5.74) is 2.68. The number of nitrogens with zero attached hydrogens (tertiary/aromatic N) is 2. The van der Waals surface area contributed by atoms with Gasteiger partial charge in [0.2, 0.25) is 5.88 Å². The minimum atomic E-state index is -0.390. The van der Waals surface area contributed by atoms with Gasteiger partial charge < -0.3 is 20.1 Å². The Bertz CT molecular complexity index is 1100. The zero-order valence-electron chi connectivity index (χ0n) is 15.6. The van der Waals surface area contributed by atoms with E-state index in [0.717, 1.165) is 5.56 Å². The lowest BCUT2D eigenvalue weighted by Gasteiger charge is -2.10. The van der Waals surface area contributed by atoms with Gasteiger partial charge in [-0.2, -0.15) is 0 Å². The fourth-order valence-electron chi connectivity index (χ4n) is 2.99. The molecule has 4 rings (SSSR count). The molecule has 2 aromatic carbocycles. The molecule has 0 unspecified atom stereocenters. The van der Waals surface area contributed by atoms with Gasteiger partial charge in [-0.1, -0.05) is 6.07 Å². The van der Waals surface area contributed by atoms with Crippen LogP contribution < -0.4 is 20.1 Å². The minimum Gasteiger partial charge on any atom is -0.479 e. The van der Waals surface area contributed by atoms with E-state index in [0.29, 0.717) is 34.0 Å². The monoisotopic (exact) mass is 378 g/mol. The highest BCUT2D eigenvalue weighted by molar-refractivity contribution is 6.10. The fourth-order valence-corrected chi connectivity index (χ4v) is 2.99. The molecule has 8 heteroatoms. The standard InChI is InChI=1S/C20H18N4O4/c1-11-4-6-17-15(8-11)22-18(25)13-9-12(5-7-16(13)28-17)21-19(26)14-10-24(2)23-20(14)27-3/h4-10H,1-3H3,(H,21,26)(H,22,25). The Kier molecular flexibility index (Phi) is 4.23. The Labute approximate surface area is 161 Å². The zero-order chi connectivity index (χ0) is 19.8. The van der Waals surface area contributed by atoms with Crippen molar-refractivity contribution in [3.05, 3.63) is 59.3 Å². The van der Waals surface area contributed by atoms with Gasteiger partial charge in [0.15, 0.2) is 5.75 Å². The number of aromatic nitrogens is 2. The molecule has 2 heterocycles. The lowest BCUT2D eigenvalue weighted by Crippen LogP contribution is -2.14. The number of nitrogens with one attached hydrogen (secondary N) is 2. The highest BCUT2D eigenvalue weighted by Gasteiger charge is 2.22. The van der Waals surface area contributed by atoms with Crippen molar-refractivity contribution in [2.45, 2.75) is 6.92 Å². The van der Waals surface area contributed by atoms with E-state index in [1.165, 1.54) is 11.8 Å². The third-order valence-electron chi connectivity index (χ3n) is 4.32. The van der Waals surface area contributed by atoms with Crippen molar-refractivity contribution >= 4 is 23.2 Å². The van der Waals surface area contributed by atoms with Crippen LogP contribution in [-0.4, -0.2) is 28.7 Å². The Morgan fingerprint density at radius 2 is 2.00 bits per heavy atom. The van der Waals surface area contributed by atoms with Gasteiger partial charge >= 0.3 is 0 Å². The molecular formula is C20H18N4O4. The van der Waals surface area contributed by atoms with Gasteiger partial charge in [-0.05, 0) is 42.8 Å². The number of fused-ring (bicyclic) bond motifs is 2. The highest BCUT2D eigenvalue weighted by Crippen LogP contribution is 2.37. The summed E-state index contributed by atoms with van der Waals surface area (Å²) in [6, 6.07) is 10.5. The second-order valence-electron chi connectivity index (χ2n) is 6.45. The van der Waals surface area contributed by atoms with Crippen molar-refractivity contribution in [1.29, 1.82) is 0 Å². The molecule has 0 radical (unpaired) electrons. The van der Waals surface area contributed by atoms with E-state index >= 15 is 0 Å². The number of hydrogen-bond acceptors (Lipinski definition) is 5. The summed E-state index contributed by atoms with van der Waals surface area (Å²) in [6.45, 7) is 1.94. The average molecular weight is 378 g/mol. The number of benzene rings is 2. The summed E-state index contributed by atoms with van der Waals surface area (Å²) >= 11 is 0. The van der Waals surface area contributed by atoms with E-state index < -0.39 is 5.91 Å². The zero-order valence-corrected chi connectivity index (χ0v) is 15.6. The van der Waals surface area contributed by atoms with Crippen molar-refractivity contribution in [3.63, 3.8) is 0 Å². The normalized spacial score (nSPS) is 12.2. The number of carbonyl (C=O) groups is 2. The van der Waals surface area contributed by atoms with Crippen LogP contribution in [-0.2, 0) is 7.05 Å². The summed E-state index contributed by atoms with van der Waals surface area (Å²) < 4.78 is 12.5. The molecule has 28 heavy (non-hydrogen) atoms. The first-order valence-electron chi connectivity index (χ1n) is 8.57. The topological polar surface area (TPSA) is 94.5 Å². The summed E-state index contributed by atoms with van der Waals surface area (Å²) in [4.78, 5) is 25.2. The molecule has 2 amide bonds. The Morgan fingerprint density at radius 1 is 1.21 bits per heavy atom. The third-order valence-corrected chi connectivity index (χ3v) is 4.32. The Hall–Kier alpha value is -3.81. The SMILES string of the molecule is COc1nn(C)cc1C(=O)Nc1ccc2c(c1)C(=O)Nc1cc(C)ccc1O2. The number of rotatable bonds is 3. The van der Waals surface area contributed by atoms with Crippen molar-refractivity contribution < 1.29 is 19.1 Å². The first-order chi connectivity index (χ1) is 13.4. The van der Waals surface area contributed by atoms with Crippen LogP contribution in [0.4, 0.5) is 11.4 Å². The molecule has 0 saturated heterocycles. The summed E-state index contributed by atoms with van der Waals surface area (Å²) in [5.74, 6) is 0.501. The van der Waals surface area contributed by atoms with Crippen molar-refractivity contribution in [2.75, 3.05) is 17.7 Å². The number of carbonyl (C=O) groups excluding carboxylic acids is 2. The van der Waals surface area contributed by atoms with Crippen LogP contribution in [0.25, 0.3) is 0 Å². The number of anilines is 2. The van der Waals surface area contributed by atoms with E-state index in [1.54, 1.807) is 31.4 Å². The molecule has 2 N–H and O–H groups in total. The molecule has 0 aliphatic carbocycles. The van der Waals surface area contributed by atoms with Crippen LogP contribution in [0.2, 0.25) is 0 Å². The van der Waals surface area contributed by atoms with E-state index in [2.05, 4.69) is 15.7 Å². The average Bonchev–Trinajstić information content (AvgIpc) is 2.99. The smallest absolute Gasteiger partial charge is 0.262 e. The van der Waals surface area contributed by atoms with Crippen LogP contribution in [0, 0.1) is 6.92 Å². The summed E-state index contributed by atoms with van der Waals surface area (Å²) in [5, 5.41) is 9.67. The number of hydrogen-bond donors (Lipinski definition) is 2. The van der Waals surface area contributed by atoms with Crippen LogP contribution >= 0.6 is 0 Å². The Balaban J connectivity index is 1.63. The van der Waals surface area contributed by atoms with Crippen LogP contribution in [0.15, 0.2) is 42.6 Å². The van der Waals surface area contributed by atoms with Gasteiger partial charge in [0, 0.05) is 18.9 Å². The molecule has 3 aromatic rings. The molecule has 0 atom stereocenters. The van der Waals surface area contributed by atoms with Crippen LogP contribution in [0.3, 0.4) is 0 Å². The van der Waals surface area contributed by atoms with Crippen LogP contribution in [0.5, 0.6) is 17.4 Å². The molecule has 0 spiro atoms. The predicted molar refractivity (Wildman–Crippen MR) is 103 cm³/mol. The fraction of sp³-hybridized carbons (Fsp3) is 0.150. The number of ether oxygens (including phenoxy) is 2. The molecule has 8 nitrogen and oxygen atoms in total. The number of amides is 2. The van der Waals surface area contributed by atoms with Gasteiger partial charge in [-0.25, -0.2) is 0 Å². The molecule has 142 valence electrons. The van der Waals surface area contributed by atoms with Gasteiger partial charge in [0.25, 0.3) is 11.8 Å². The first-order valence-corrected chi connectivity index (χ1v) is 8.57. The second kappa shape index (κ2) is 6.73. The van der Waals surface area contributed by atoms with Crippen LogP contribution in [0.1, 0.15) is 26.3 Å². The van der Waals surface area contributed by atoms with Gasteiger partial charge in [-0.3, -0.25) is 14.3 Å². The molecule has 1 aliphatic heterocycles. The molecular weight excluding hydrogens is 360 g/mol. The lowest BCUT2D eigenvalue weighted by atomic mass is 10.1. The van der Waals surface area contributed by atoms with E-state index in [-0.39, 0.29) is 11.8 Å². The Morgan fingerprint density at radius 3 is 2.79 bits per heavy atom. The van der Waals surface area contributed by atoms with Crippen molar-refractivity contribution in [1.82, 2.24) is 9.78 Å². The predicted octanol–water partition coefficient (Wildman–Crippen LogP) is 3.35. The van der Waals surface area contributed by atoms with Gasteiger partial charge in [0.05, 0.1) is 18.4 Å². The van der Waals surface area contributed by atoms with Gasteiger partial charge in [0.1, 0.15) is 11.3 Å². The molecule has 1 aromatic heterocycles. The van der Waals surface area contributed by atoms with E-state index in [1.807, 2.05) is 25.1 Å². The summed E-state index contributed by atoms with van der Waals surface area (Å²) in [6.07, 6.45) is 1.56. The maximum atomic E-state index is 12.7. The summed E-state index contributed by atoms with van der Waals surface area (Å²) in [7, 11) is 3.14. The van der Waals surface area contributed by atoms with Crippen molar-refractivity contribution in [2.24, 2.45) is 7.05 Å². The molecule has 0 saturated carbocycles. The molecule has 0 bridgehead atoms. The molecule has 1 aliphatic rings. The minimum absolute atomic E-state index is 0.224. The number of methoxy groups -OCH3 is 1.